The maximum atomic E-state index is 13.0. The average molecular weight is 420 g/mol. The fraction of sp³-hybridized carbons (Fsp3) is 0.462. The van der Waals surface area contributed by atoms with Crippen LogP contribution < -0.4 is 0 Å². The van der Waals surface area contributed by atoms with E-state index in [4.69, 9.17) is 4.74 Å². The summed E-state index contributed by atoms with van der Waals surface area (Å²) in [5.74, 6) is -0.938. The number of carbonyl (C=O) groups is 2. The Morgan fingerprint density at radius 3 is 2.16 bits per heavy atom. The van der Waals surface area contributed by atoms with Crippen LogP contribution in [-0.2, 0) is 9.53 Å². The third-order valence-electron chi connectivity index (χ3n) is 7.66. The summed E-state index contributed by atoms with van der Waals surface area (Å²) in [6, 6.07) is 15.6. The first-order valence-corrected chi connectivity index (χ1v) is 11.4. The molecule has 1 aliphatic heterocycles. The summed E-state index contributed by atoms with van der Waals surface area (Å²) >= 11 is 0. The van der Waals surface area contributed by atoms with E-state index in [9.17, 15) is 14.7 Å². The Balaban J connectivity index is 1.31. The number of hydrogen-bond acceptors (Lipinski definition) is 3. The van der Waals surface area contributed by atoms with Crippen LogP contribution >= 0.6 is 0 Å². The highest BCUT2D eigenvalue weighted by atomic mass is 16.6. The van der Waals surface area contributed by atoms with Crippen molar-refractivity contribution in [3.8, 4) is 11.1 Å². The van der Waals surface area contributed by atoms with Crippen LogP contribution in [0.4, 0.5) is 4.79 Å². The molecule has 5 heteroatoms. The molecule has 1 unspecified atom stereocenters. The average Bonchev–Trinajstić information content (AvgIpc) is 3.12. The highest BCUT2D eigenvalue weighted by Gasteiger charge is 2.45. The largest absolute Gasteiger partial charge is 0.480 e. The molecule has 5 rings (SSSR count). The number of carboxylic acids is 1. The topological polar surface area (TPSA) is 66.8 Å². The van der Waals surface area contributed by atoms with Gasteiger partial charge in [0.25, 0.3) is 0 Å². The van der Waals surface area contributed by atoms with Crippen LogP contribution in [0, 0.1) is 5.41 Å². The molecule has 0 radical (unpaired) electrons. The molecule has 0 aromatic heterocycles. The second kappa shape index (κ2) is 8.03. The molecule has 2 aliphatic carbocycles. The number of ether oxygens (including phenoxy) is 1. The van der Waals surface area contributed by atoms with E-state index in [2.05, 4.69) is 24.3 Å². The third kappa shape index (κ3) is 3.60. The van der Waals surface area contributed by atoms with Crippen molar-refractivity contribution in [3.63, 3.8) is 0 Å². The van der Waals surface area contributed by atoms with Gasteiger partial charge in [-0.15, -0.1) is 0 Å². The lowest BCUT2D eigenvalue weighted by molar-refractivity contribution is -0.146. The molecule has 1 spiro atoms. The van der Waals surface area contributed by atoms with Gasteiger partial charge in [-0.3, -0.25) is 4.90 Å². The molecule has 1 amide bonds. The molecule has 162 valence electrons. The Bertz CT molecular complexity index is 949. The summed E-state index contributed by atoms with van der Waals surface area (Å²) in [6.07, 6.45) is 6.64. The molecular weight excluding hydrogens is 390 g/mol. The Hall–Kier alpha value is -2.82. The molecule has 1 atom stereocenters. The maximum Gasteiger partial charge on any atom is 0.410 e. The van der Waals surface area contributed by atoms with E-state index < -0.39 is 18.1 Å². The molecule has 3 aliphatic rings. The van der Waals surface area contributed by atoms with E-state index in [0.29, 0.717) is 13.0 Å². The summed E-state index contributed by atoms with van der Waals surface area (Å²) < 4.78 is 5.76. The van der Waals surface area contributed by atoms with Crippen molar-refractivity contribution in [2.24, 2.45) is 5.41 Å². The highest BCUT2D eigenvalue weighted by molar-refractivity contribution is 5.81. The number of amides is 1. The van der Waals surface area contributed by atoms with Crippen molar-refractivity contribution < 1.29 is 19.4 Å². The number of rotatable bonds is 3. The molecule has 2 aromatic carbocycles. The molecule has 1 saturated carbocycles. The minimum absolute atomic E-state index is 0.0193. The van der Waals surface area contributed by atoms with E-state index in [1.807, 2.05) is 24.3 Å². The second-order valence-electron chi connectivity index (χ2n) is 9.37. The summed E-state index contributed by atoms with van der Waals surface area (Å²) in [4.78, 5) is 26.5. The SMILES string of the molecule is O=C(O)C1CC2(CCCCC2)CCN1C(=O)OCC1c2ccccc2-c2ccccc21. The molecule has 2 fully saturated rings. The van der Waals surface area contributed by atoms with E-state index in [-0.39, 0.29) is 17.9 Å². The van der Waals surface area contributed by atoms with Crippen molar-refractivity contribution in [1.29, 1.82) is 0 Å². The Morgan fingerprint density at radius 2 is 1.55 bits per heavy atom. The Kier molecular flexibility index (Phi) is 5.20. The van der Waals surface area contributed by atoms with Crippen LogP contribution in [0.15, 0.2) is 48.5 Å². The van der Waals surface area contributed by atoms with Crippen LogP contribution in [0.1, 0.15) is 62.0 Å². The van der Waals surface area contributed by atoms with E-state index in [0.717, 1.165) is 43.2 Å². The minimum Gasteiger partial charge on any atom is -0.480 e. The predicted molar refractivity (Wildman–Crippen MR) is 118 cm³/mol. The standard InChI is InChI=1S/C26H29NO4/c28-24(29)23-16-26(12-6-1-7-13-26)14-15-27(23)25(30)31-17-22-20-10-4-2-8-18(20)19-9-3-5-11-21(19)22/h2-5,8-11,22-23H,1,6-7,12-17H2,(H,28,29). The maximum absolute atomic E-state index is 13.0. The quantitative estimate of drug-likeness (QED) is 0.720. The van der Waals surface area contributed by atoms with Crippen LogP contribution in [0.3, 0.4) is 0 Å². The number of fused-ring (bicyclic) bond motifs is 3. The third-order valence-corrected chi connectivity index (χ3v) is 7.66. The summed E-state index contributed by atoms with van der Waals surface area (Å²) in [7, 11) is 0. The van der Waals surface area contributed by atoms with Crippen molar-refractivity contribution in [2.45, 2.75) is 56.9 Å². The number of hydrogen-bond donors (Lipinski definition) is 1. The van der Waals surface area contributed by atoms with Crippen molar-refractivity contribution in [2.75, 3.05) is 13.2 Å². The van der Waals surface area contributed by atoms with E-state index >= 15 is 0 Å². The van der Waals surface area contributed by atoms with Gasteiger partial charge >= 0.3 is 12.1 Å². The van der Waals surface area contributed by atoms with Gasteiger partial charge in [0.15, 0.2) is 0 Å². The number of carboxylic acid groups (broad SMARTS) is 1. The Labute approximate surface area is 183 Å². The van der Waals surface area contributed by atoms with Gasteiger partial charge in [0, 0.05) is 12.5 Å². The molecule has 31 heavy (non-hydrogen) atoms. The van der Waals surface area contributed by atoms with Crippen molar-refractivity contribution >= 4 is 12.1 Å². The number of likely N-dealkylation sites (tertiary alicyclic amines) is 1. The van der Waals surface area contributed by atoms with Gasteiger partial charge in [-0.1, -0.05) is 67.8 Å². The fourth-order valence-electron chi connectivity index (χ4n) is 6.01. The molecule has 2 aromatic rings. The monoisotopic (exact) mass is 419 g/mol. The van der Waals surface area contributed by atoms with Crippen LogP contribution in [-0.4, -0.2) is 41.3 Å². The molecule has 0 bridgehead atoms. The zero-order valence-electron chi connectivity index (χ0n) is 17.8. The lowest BCUT2D eigenvalue weighted by Gasteiger charge is -2.46. The second-order valence-corrected chi connectivity index (χ2v) is 9.37. The summed E-state index contributed by atoms with van der Waals surface area (Å²) in [5.41, 5.74) is 4.76. The van der Waals surface area contributed by atoms with Gasteiger partial charge in [0.2, 0.25) is 0 Å². The van der Waals surface area contributed by atoms with Crippen molar-refractivity contribution in [3.05, 3.63) is 59.7 Å². The molecular formula is C26H29NO4. The van der Waals surface area contributed by atoms with Gasteiger partial charge in [0.1, 0.15) is 12.6 Å². The van der Waals surface area contributed by atoms with Crippen LogP contribution in [0.2, 0.25) is 0 Å². The number of benzene rings is 2. The first-order chi connectivity index (χ1) is 15.1. The lowest BCUT2D eigenvalue weighted by atomic mass is 9.66. The number of nitrogens with zero attached hydrogens (tertiary/aromatic N) is 1. The Morgan fingerprint density at radius 1 is 0.935 bits per heavy atom. The molecule has 1 N–H and O–H groups in total. The van der Waals surface area contributed by atoms with Crippen LogP contribution in [0.25, 0.3) is 11.1 Å². The van der Waals surface area contributed by atoms with Gasteiger partial charge in [-0.05, 0) is 53.4 Å². The molecule has 1 saturated heterocycles. The highest BCUT2D eigenvalue weighted by Crippen LogP contribution is 2.47. The summed E-state index contributed by atoms with van der Waals surface area (Å²) in [6.45, 7) is 0.689. The number of aliphatic carboxylic acids is 1. The van der Waals surface area contributed by atoms with Gasteiger partial charge in [-0.2, -0.15) is 0 Å². The molecule has 1 heterocycles. The van der Waals surface area contributed by atoms with Crippen LogP contribution in [0.5, 0.6) is 0 Å². The fourth-order valence-corrected chi connectivity index (χ4v) is 6.01. The first kappa shape index (κ1) is 20.1. The van der Waals surface area contributed by atoms with Gasteiger partial charge < -0.3 is 9.84 Å². The minimum atomic E-state index is -0.918. The lowest BCUT2D eigenvalue weighted by Crippen LogP contribution is -2.54. The smallest absolute Gasteiger partial charge is 0.410 e. The normalized spacial score (nSPS) is 22.1. The molecule has 5 nitrogen and oxygen atoms in total. The van der Waals surface area contributed by atoms with Gasteiger partial charge in [0.05, 0.1) is 0 Å². The first-order valence-electron chi connectivity index (χ1n) is 11.4. The predicted octanol–water partition coefficient (Wildman–Crippen LogP) is 5.44. The van der Waals surface area contributed by atoms with Crippen molar-refractivity contribution in [1.82, 2.24) is 4.90 Å². The number of carbonyl (C=O) groups excluding carboxylic acids is 1. The summed E-state index contributed by atoms with van der Waals surface area (Å²) in [5, 5.41) is 9.86. The zero-order chi connectivity index (χ0) is 21.4. The van der Waals surface area contributed by atoms with E-state index in [1.165, 1.54) is 22.4 Å². The zero-order valence-corrected chi connectivity index (χ0v) is 17.8. The van der Waals surface area contributed by atoms with Gasteiger partial charge in [-0.25, -0.2) is 9.59 Å². The van der Waals surface area contributed by atoms with E-state index in [1.54, 1.807) is 0 Å². The number of piperidine rings is 1.